The summed E-state index contributed by atoms with van der Waals surface area (Å²) in [5.41, 5.74) is 7.14. The van der Waals surface area contributed by atoms with E-state index in [0.717, 1.165) is 5.56 Å². The number of ether oxygens (including phenoxy) is 3. The van der Waals surface area contributed by atoms with Gasteiger partial charge in [-0.05, 0) is 17.7 Å². The first-order chi connectivity index (χ1) is 11.2. The van der Waals surface area contributed by atoms with Gasteiger partial charge in [0, 0.05) is 0 Å². The second-order valence-corrected chi connectivity index (χ2v) is 4.37. The molecule has 1 aromatic heterocycles. The lowest BCUT2D eigenvalue weighted by molar-refractivity contribution is 0.215. The van der Waals surface area contributed by atoms with Gasteiger partial charge < -0.3 is 24.8 Å². The van der Waals surface area contributed by atoms with E-state index in [1.165, 1.54) is 19.7 Å². The van der Waals surface area contributed by atoms with Crippen molar-refractivity contribution in [3.8, 4) is 17.4 Å². The van der Waals surface area contributed by atoms with E-state index in [-0.39, 0.29) is 12.4 Å². The topological polar surface area (TPSA) is 101 Å². The molecule has 2 aromatic rings. The number of aromatic nitrogens is 2. The Labute approximate surface area is 133 Å². The van der Waals surface area contributed by atoms with Gasteiger partial charge in [0.25, 0.3) is 0 Å². The van der Waals surface area contributed by atoms with Gasteiger partial charge >= 0.3 is 0 Å². The number of rotatable bonds is 7. The first-order valence-corrected chi connectivity index (χ1v) is 6.70. The van der Waals surface area contributed by atoms with E-state index in [1.54, 1.807) is 20.3 Å². The lowest BCUT2D eigenvalue weighted by Crippen LogP contribution is -2.05. The van der Waals surface area contributed by atoms with Crippen molar-refractivity contribution in [3.05, 3.63) is 35.7 Å². The third kappa shape index (κ3) is 4.00. The molecule has 2 N–H and O–H groups in total. The summed E-state index contributed by atoms with van der Waals surface area (Å²) in [5.74, 6) is 1.84. The summed E-state index contributed by atoms with van der Waals surface area (Å²) in [6, 6.07) is 5.50. The summed E-state index contributed by atoms with van der Waals surface area (Å²) in [7, 11) is 4.59. The molecule has 1 heterocycles. The molecule has 0 aliphatic carbocycles. The minimum Gasteiger partial charge on any atom is -0.493 e. The molecule has 1 aromatic carbocycles. The van der Waals surface area contributed by atoms with Crippen molar-refractivity contribution in [2.45, 2.75) is 6.61 Å². The summed E-state index contributed by atoms with van der Waals surface area (Å²) >= 11 is 0. The number of nitrogens with zero attached hydrogens (tertiary/aromatic N) is 3. The first-order valence-electron chi connectivity index (χ1n) is 6.70. The molecule has 0 saturated heterocycles. The average Bonchev–Trinajstić information content (AvgIpc) is 2.58. The summed E-state index contributed by atoms with van der Waals surface area (Å²) in [4.78, 5) is 12.6. The van der Waals surface area contributed by atoms with E-state index in [4.69, 9.17) is 19.9 Å². The molecule has 0 bridgehead atoms. The minimum atomic E-state index is 0.253. The monoisotopic (exact) mass is 318 g/mol. The maximum Gasteiger partial charge on any atom is 0.228 e. The molecule has 8 heteroatoms. The van der Waals surface area contributed by atoms with Crippen molar-refractivity contribution in [2.75, 3.05) is 27.1 Å². The molecule has 122 valence electrons. The van der Waals surface area contributed by atoms with E-state index in [1.807, 2.05) is 12.1 Å². The van der Waals surface area contributed by atoms with Gasteiger partial charge in [-0.1, -0.05) is 11.2 Å². The Hall–Kier alpha value is -3.03. The largest absolute Gasteiger partial charge is 0.493 e. The zero-order valence-electron chi connectivity index (χ0n) is 13.1. The predicted octanol–water partition coefficient (Wildman–Crippen LogP) is 1.64. The van der Waals surface area contributed by atoms with E-state index in [2.05, 4.69) is 20.0 Å². The molecular formula is C15H18N4O4. The van der Waals surface area contributed by atoms with Crippen molar-refractivity contribution in [2.24, 2.45) is 5.16 Å². The Morgan fingerprint density at radius 2 is 1.91 bits per heavy atom. The van der Waals surface area contributed by atoms with Crippen LogP contribution >= 0.6 is 0 Å². The fourth-order valence-corrected chi connectivity index (χ4v) is 1.86. The highest BCUT2D eigenvalue weighted by atomic mass is 16.6. The number of hydrogen-bond acceptors (Lipinski definition) is 8. The SMILES string of the molecule is CON=Cc1c(N)ncnc1OCc1ccc(OC)c(OC)c1. The van der Waals surface area contributed by atoms with E-state index < -0.39 is 0 Å². The zero-order chi connectivity index (χ0) is 16.7. The molecule has 0 saturated carbocycles. The molecule has 0 atom stereocenters. The van der Waals surface area contributed by atoms with Crippen LogP contribution in [0.5, 0.6) is 17.4 Å². The van der Waals surface area contributed by atoms with Crippen LogP contribution in [-0.2, 0) is 11.4 Å². The van der Waals surface area contributed by atoms with Gasteiger partial charge in [-0.2, -0.15) is 0 Å². The van der Waals surface area contributed by atoms with Gasteiger partial charge in [0.2, 0.25) is 5.88 Å². The molecule has 0 aliphatic rings. The fourth-order valence-electron chi connectivity index (χ4n) is 1.86. The van der Waals surface area contributed by atoms with Gasteiger partial charge in [-0.15, -0.1) is 0 Å². The Morgan fingerprint density at radius 1 is 1.13 bits per heavy atom. The van der Waals surface area contributed by atoms with Crippen LogP contribution in [0.1, 0.15) is 11.1 Å². The van der Waals surface area contributed by atoms with Gasteiger partial charge in [0.05, 0.1) is 20.4 Å². The lowest BCUT2D eigenvalue weighted by atomic mass is 10.2. The number of nitrogens with two attached hydrogens (primary N) is 1. The third-order valence-electron chi connectivity index (χ3n) is 2.99. The van der Waals surface area contributed by atoms with Crippen molar-refractivity contribution in [3.63, 3.8) is 0 Å². The third-order valence-corrected chi connectivity index (χ3v) is 2.99. The number of anilines is 1. The molecule has 8 nitrogen and oxygen atoms in total. The molecule has 0 amide bonds. The maximum atomic E-state index is 5.80. The smallest absolute Gasteiger partial charge is 0.228 e. The Morgan fingerprint density at radius 3 is 2.61 bits per heavy atom. The normalized spacial score (nSPS) is 10.6. The quantitative estimate of drug-likeness (QED) is 0.611. The maximum absolute atomic E-state index is 5.80. The van der Waals surface area contributed by atoms with E-state index >= 15 is 0 Å². The molecule has 0 radical (unpaired) electrons. The van der Waals surface area contributed by atoms with E-state index in [9.17, 15) is 0 Å². The standard InChI is InChI=1S/C15H18N4O4/c1-20-12-5-4-10(6-13(12)21-2)8-23-15-11(7-19-22-3)14(16)17-9-18-15/h4-7,9H,8H2,1-3H3,(H2,16,17,18). The summed E-state index contributed by atoms with van der Waals surface area (Å²) in [6.45, 7) is 0.268. The van der Waals surface area contributed by atoms with E-state index in [0.29, 0.717) is 22.9 Å². The van der Waals surface area contributed by atoms with Crippen LogP contribution in [-0.4, -0.2) is 37.5 Å². The van der Waals surface area contributed by atoms with Crippen LogP contribution < -0.4 is 19.9 Å². The van der Waals surface area contributed by atoms with Crippen LogP contribution in [0, 0.1) is 0 Å². The second-order valence-electron chi connectivity index (χ2n) is 4.37. The number of nitrogen functional groups attached to an aromatic ring is 1. The Kier molecular flexibility index (Phi) is 5.56. The summed E-state index contributed by atoms with van der Waals surface area (Å²) in [6.07, 6.45) is 2.72. The Balaban J connectivity index is 2.18. The lowest BCUT2D eigenvalue weighted by Gasteiger charge is -2.11. The number of benzene rings is 1. The molecule has 0 fully saturated rings. The number of methoxy groups -OCH3 is 2. The molecule has 0 aliphatic heterocycles. The van der Waals surface area contributed by atoms with Crippen molar-refractivity contribution in [1.82, 2.24) is 9.97 Å². The zero-order valence-corrected chi connectivity index (χ0v) is 13.1. The highest BCUT2D eigenvalue weighted by Crippen LogP contribution is 2.28. The van der Waals surface area contributed by atoms with Gasteiger partial charge in [0.15, 0.2) is 11.5 Å². The first kappa shape index (κ1) is 16.3. The van der Waals surface area contributed by atoms with Crippen LogP contribution in [0.4, 0.5) is 5.82 Å². The van der Waals surface area contributed by atoms with Gasteiger partial charge in [-0.25, -0.2) is 9.97 Å². The van der Waals surface area contributed by atoms with Crippen molar-refractivity contribution in [1.29, 1.82) is 0 Å². The summed E-state index contributed by atoms with van der Waals surface area (Å²) in [5, 5.41) is 3.67. The Bertz CT molecular complexity index is 691. The molecule has 23 heavy (non-hydrogen) atoms. The predicted molar refractivity (Wildman–Crippen MR) is 84.9 cm³/mol. The van der Waals surface area contributed by atoms with Gasteiger partial charge in [0.1, 0.15) is 31.4 Å². The van der Waals surface area contributed by atoms with Gasteiger partial charge in [-0.3, -0.25) is 0 Å². The van der Waals surface area contributed by atoms with Crippen molar-refractivity contribution < 1.29 is 19.0 Å². The van der Waals surface area contributed by atoms with Crippen LogP contribution in [0.3, 0.4) is 0 Å². The highest BCUT2D eigenvalue weighted by molar-refractivity contribution is 5.87. The molecular weight excluding hydrogens is 300 g/mol. The second kappa shape index (κ2) is 7.83. The number of hydrogen-bond donors (Lipinski definition) is 1. The minimum absolute atomic E-state index is 0.253. The number of oxime groups is 1. The van der Waals surface area contributed by atoms with Crippen LogP contribution in [0.25, 0.3) is 0 Å². The van der Waals surface area contributed by atoms with Crippen LogP contribution in [0.15, 0.2) is 29.7 Å². The fraction of sp³-hybridized carbons (Fsp3) is 0.267. The molecule has 0 unspecified atom stereocenters. The molecule has 2 rings (SSSR count). The van der Waals surface area contributed by atoms with Crippen LogP contribution in [0.2, 0.25) is 0 Å². The van der Waals surface area contributed by atoms with Crippen molar-refractivity contribution >= 4 is 12.0 Å². The molecule has 0 spiro atoms. The average molecular weight is 318 g/mol. The highest BCUT2D eigenvalue weighted by Gasteiger charge is 2.10. The summed E-state index contributed by atoms with van der Waals surface area (Å²) < 4.78 is 16.2.